The number of hydrogen-bond acceptors (Lipinski definition) is 4. The van der Waals surface area contributed by atoms with Crippen molar-refractivity contribution in [3.63, 3.8) is 0 Å². The lowest BCUT2D eigenvalue weighted by molar-refractivity contribution is -0.120. The van der Waals surface area contributed by atoms with Crippen molar-refractivity contribution >= 4 is 33.5 Å². The summed E-state index contributed by atoms with van der Waals surface area (Å²) in [5.74, 6) is -1.60. The minimum Gasteiger partial charge on any atom is -0.478 e. The summed E-state index contributed by atoms with van der Waals surface area (Å²) >= 11 is 5.67. The molecule has 0 unspecified atom stereocenters. The summed E-state index contributed by atoms with van der Waals surface area (Å²) in [6, 6.07) is 3.37. The number of amides is 1. The van der Waals surface area contributed by atoms with Crippen molar-refractivity contribution in [1.29, 1.82) is 0 Å². The van der Waals surface area contributed by atoms with E-state index in [1.54, 1.807) is 6.92 Å². The summed E-state index contributed by atoms with van der Waals surface area (Å²) in [5.41, 5.74) is -0.303. The molecule has 1 amide bonds. The third-order valence-corrected chi connectivity index (χ3v) is 4.28. The lowest BCUT2D eigenvalue weighted by Crippen LogP contribution is -2.30. The van der Waals surface area contributed by atoms with Gasteiger partial charge in [0.25, 0.3) is 0 Å². The molecule has 116 valence electrons. The Bertz CT molecular complexity index is 645. The Labute approximate surface area is 127 Å². The molecular formula is C12H15ClN2O5S. The summed E-state index contributed by atoms with van der Waals surface area (Å²) in [4.78, 5) is 21.9. The molecule has 0 aliphatic rings. The highest BCUT2D eigenvalue weighted by Gasteiger charge is 2.18. The Morgan fingerprint density at radius 3 is 2.57 bits per heavy atom. The Morgan fingerprint density at radius 1 is 1.33 bits per heavy atom. The normalized spacial score (nSPS) is 11.1. The molecule has 1 aromatic carbocycles. The van der Waals surface area contributed by atoms with E-state index in [0.717, 1.165) is 6.07 Å². The van der Waals surface area contributed by atoms with Gasteiger partial charge in [-0.3, -0.25) is 4.79 Å². The molecule has 0 aromatic heterocycles. The van der Waals surface area contributed by atoms with Gasteiger partial charge < -0.3 is 10.4 Å². The molecule has 0 bridgehead atoms. The Kier molecular flexibility index (Phi) is 6.13. The van der Waals surface area contributed by atoms with Crippen LogP contribution in [-0.2, 0) is 14.8 Å². The number of carboxylic acid groups (broad SMARTS) is 1. The summed E-state index contributed by atoms with van der Waals surface area (Å²) in [5, 5.41) is 11.4. The maximum atomic E-state index is 12.0. The highest BCUT2D eigenvalue weighted by Crippen LogP contribution is 2.20. The standard InChI is InChI=1S/C12H15ClN2O5S/c1-2-14-11(16)5-6-15-21(19,20)8-3-4-10(13)9(7-8)12(17)18/h3-4,7,15H,2,5-6H2,1H3,(H,14,16)(H,17,18). The van der Waals surface area contributed by atoms with Gasteiger partial charge in [0.1, 0.15) is 0 Å². The molecule has 0 saturated heterocycles. The largest absolute Gasteiger partial charge is 0.478 e. The van der Waals surface area contributed by atoms with Crippen LogP contribution >= 0.6 is 11.6 Å². The van der Waals surface area contributed by atoms with Crippen LogP contribution in [-0.4, -0.2) is 38.5 Å². The Balaban J connectivity index is 2.81. The van der Waals surface area contributed by atoms with Gasteiger partial charge in [-0.25, -0.2) is 17.9 Å². The minimum absolute atomic E-state index is 0.00749. The first-order chi connectivity index (χ1) is 9.77. The van der Waals surface area contributed by atoms with Crippen molar-refractivity contribution in [3.8, 4) is 0 Å². The van der Waals surface area contributed by atoms with Crippen LogP contribution in [0.25, 0.3) is 0 Å². The molecule has 0 saturated carbocycles. The van der Waals surface area contributed by atoms with E-state index in [-0.39, 0.29) is 34.4 Å². The number of benzene rings is 1. The minimum atomic E-state index is -3.90. The number of carbonyl (C=O) groups is 2. The monoisotopic (exact) mass is 334 g/mol. The highest BCUT2D eigenvalue weighted by molar-refractivity contribution is 7.89. The quantitative estimate of drug-likeness (QED) is 0.684. The Morgan fingerprint density at radius 2 is 2.00 bits per heavy atom. The van der Waals surface area contributed by atoms with Crippen LogP contribution in [0.4, 0.5) is 0 Å². The molecule has 0 fully saturated rings. The zero-order valence-corrected chi connectivity index (χ0v) is 12.8. The van der Waals surface area contributed by atoms with Crippen molar-refractivity contribution < 1.29 is 23.1 Å². The second kappa shape index (κ2) is 7.39. The van der Waals surface area contributed by atoms with E-state index < -0.39 is 16.0 Å². The molecule has 0 atom stereocenters. The lowest BCUT2D eigenvalue weighted by Gasteiger charge is -2.08. The third-order valence-electron chi connectivity index (χ3n) is 2.50. The second-order valence-electron chi connectivity index (χ2n) is 4.05. The smallest absolute Gasteiger partial charge is 0.337 e. The fourth-order valence-corrected chi connectivity index (χ4v) is 2.76. The SMILES string of the molecule is CCNC(=O)CCNS(=O)(=O)c1ccc(Cl)c(C(=O)O)c1. The van der Waals surface area contributed by atoms with Gasteiger partial charge in [0, 0.05) is 19.5 Å². The topological polar surface area (TPSA) is 113 Å². The van der Waals surface area contributed by atoms with Crippen LogP contribution in [0, 0.1) is 0 Å². The van der Waals surface area contributed by atoms with Crippen molar-refractivity contribution in [2.45, 2.75) is 18.2 Å². The summed E-state index contributed by atoms with van der Waals surface area (Å²) in [6.45, 7) is 2.13. The average Bonchev–Trinajstić information content (AvgIpc) is 2.38. The maximum absolute atomic E-state index is 12.0. The molecule has 9 heteroatoms. The van der Waals surface area contributed by atoms with Crippen LogP contribution in [0.15, 0.2) is 23.1 Å². The molecule has 0 aliphatic carbocycles. The average molecular weight is 335 g/mol. The van der Waals surface area contributed by atoms with Gasteiger partial charge in [-0.15, -0.1) is 0 Å². The predicted octanol–water partition coefficient (Wildman–Crippen LogP) is 0.843. The first-order valence-electron chi connectivity index (χ1n) is 6.07. The fraction of sp³-hybridized carbons (Fsp3) is 0.333. The van der Waals surface area contributed by atoms with E-state index in [1.807, 2.05) is 0 Å². The van der Waals surface area contributed by atoms with Gasteiger partial charge >= 0.3 is 5.97 Å². The molecule has 0 radical (unpaired) electrons. The number of halogens is 1. The molecule has 3 N–H and O–H groups in total. The van der Waals surface area contributed by atoms with E-state index in [4.69, 9.17) is 16.7 Å². The summed E-state index contributed by atoms with van der Waals surface area (Å²) in [6.07, 6.45) is -0.00749. The van der Waals surface area contributed by atoms with Crippen LogP contribution in [0.5, 0.6) is 0 Å². The lowest BCUT2D eigenvalue weighted by atomic mass is 10.2. The van der Waals surface area contributed by atoms with Crippen LogP contribution in [0.1, 0.15) is 23.7 Å². The predicted molar refractivity (Wildman–Crippen MR) is 76.9 cm³/mol. The Hall–Kier alpha value is -1.64. The molecule has 1 aromatic rings. The number of sulfonamides is 1. The van der Waals surface area contributed by atoms with E-state index in [9.17, 15) is 18.0 Å². The number of carboxylic acids is 1. The number of aromatic carboxylic acids is 1. The van der Waals surface area contributed by atoms with Crippen molar-refractivity contribution in [3.05, 3.63) is 28.8 Å². The molecule has 0 aliphatic heterocycles. The third kappa shape index (κ3) is 5.00. The molecule has 21 heavy (non-hydrogen) atoms. The van der Waals surface area contributed by atoms with Gasteiger partial charge in [0.2, 0.25) is 15.9 Å². The number of hydrogen-bond donors (Lipinski definition) is 3. The fourth-order valence-electron chi connectivity index (χ4n) is 1.50. The molecular weight excluding hydrogens is 320 g/mol. The van der Waals surface area contributed by atoms with Crippen molar-refractivity contribution in [1.82, 2.24) is 10.0 Å². The van der Waals surface area contributed by atoms with E-state index in [1.165, 1.54) is 12.1 Å². The summed E-state index contributed by atoms with van der Waals surface area (Å²) < 4.78 is 26.2. The van der Waals surface area contributed by atoms with Crippen LogP contribution in [0.2, 0.25) is 5.02 Å². The first-order valence-corrected chi connectivity index (χ1v) is 7.93. The van der Waals surface area contributed by atoms with Gasteiger partial charge in [0.15, 0.2) is 0 Å². The second-order valence-corrected chi connectivity index (χ2v) is 6.22. The van der Waals surface area contributed by atoms with Gasteiger partial charge in [-0.2, -0.15) is 0 Å². The summed E-state index contributed by atoms with van der Waals surface area (Å²) in [7, 11) is -3.90. The van der Waals surface area contributed by atoms with Crippen LogP contribution < -0.4 is 10.0 Å². The molecule has 0 heterocycles. The first kappa shape index (κ1) is 17.4. The molecule has 7 nitrogen and oxygen atoms in total. The highest BCUT2D eigenvalue weighted by atomic mass is 35.5. The molecule has 1 rings (SSSR count). The van der Waals surface area contributed by atoms with Gasteiger partial charge in [-0.05, 0) is 25.1 Å². The number of nitrogens with one attached hydrogen (secondary N) is 2. The number of carbonyl (C=O) groups excluding carboxylic acids is 1. The number of rotatable bonds is 7. The molecule has 0 spiro atoms. The van der Waals surface area contributed by atoms with Crippen LogP contribution in [0.3, 0.4) is 0 Å². The van der Waals surface area contributed by atoms with E-state index in [2.05, 4.69) is 10.0 Å². The van der Waals surface area contributed by atoms with Crippen molar-refractivity contribution in [2.24, 2.45) is 0 Å². The van der Waals surface area contributed by atoms with E-state index in [0.29, 0.717) is 6.54 Å². The van der Waals surface area contributed by atoms with E-state index >= 15 is 0 Å². The van der Waals surface area contributed by atoms with Gasteiger partial charge in [0.05, 0.1) is 15.5 Å². The maximum Gasteiger partial charge on any atom is 0.337 e. The van der Waals surface area contributed by atoms with Crippen molar-refractivity contribution in [2.75, 3.05) is 13.1 Å². The van der Waals surface area contributed by atoms with Gasteiger partial charge in [-0.1, -0.05) is 11.6 Å². The zero-order valence-electron chi connectivity index (χ0n) is 11.2. The zero-order chi connectivity index (χ0) is 16.0.